The van der Waals surface area contributed by atoms with Gasteiger partial charge in [0, 0.05) is 19.7 Å². The number of aromatic carboxylic acids is 1. The highest BCUT2D eigenvalue weighted by Crippen LogP contribution is 2.15. The minimum Gasteiger partial charge on any atom is -0.478 e. The van der Waals surface area contributed by atoms with Crippen LogP contribution in [-0.4, -0.2) is 47.7 Å². The van der Waals surface area contributed by atoms with Crippen molar-refractivity contribution in [2.24, 2.45) is 0 Å². The smallest absolute Gasteiger partial charge is 0.335 e. The van der Waals surface area contributed by atoms with Crippen LogP contribution in [0.1, 0.15) is 35.7 Å². The predicted molar refractivity (Wildman–Crippen MR) is 78.3 cm³/mol. The molecule has 0 saturated carbocycles. The Labute approximate surface area is 124 Å². The molecular weight excluding hydrogens is 270 g/mol. The lowest BCUT2D eigenvalue weighted by molar-refractivity contribution is -0.131. The topological polar surface area (TPSA) is 66.8 Å². The van der Waals surface area contributed by atoms with Crippen LogP contribution in [0.2, 0.25) is 0 Å². The van der Waals surface area contributed by atoms with E-state index < -0.39 is 5.97 Å². The van der Waals surface area contributed by atoms with E-state index in [2.05, 4.69) is 0 Å². The maximum atomic E-state index is 12.4. The van der Waals surface area contributed by atoms with E-state index in [1.165, 1.54) is 6.07 Å². The van der Waals surface area contributed by atoms with E-state index in [1.807, 2.05) is 6.92 Å². The summed E-state index contributed by atoms with van der Waals surface area (Å²) in [4.78, 5) is 25.3. The van der Waals surface area contributed by atoms with Gasteiger partial charge in [-0.05, 0) is 31.4 Å². The highest BCUT2D eigenvalue weighted by atomic mass is 16.5. The summed E-state index contributed by atoms with van der Waals surface area (Å²) in [5, 5.41) is 9.16. The van der Waals surface area contributed by atoms with Crippen molar-refractivity contribution in [3.05, 3.63) is 35.4 Å². The van der Waals surface area contributed by atoms with Crippen LogP contribution in [0.5, 0.6) is 0 Å². The zero-order chi connectivity index (χ0) is 15.2. The van der Waals surface area contributed by atoms with E-state index in [9.17, 15) is 9.59 Å². The summed E-state index contributed by atoms with van der Waals surface area (Å²) in [7, 11) is 0. The molecule has 1 aromatic carbocycles. The lowest BCUT2D eigenvalue weighted by Crippen LogP contribution is -2.38. The van der Waals surface area contributed by atoms with Gasteiger partial charge in [0.25, 0.3) is 0 Å². The Kier molecular flexibility index (Phi) is 5.33. The normalized spacial score (nSPS) is 17.7. The molecule has 1 heterocycles. The van der Waals surface area contributed by atoms with Crippen LogP contribution in [0.4, 0.5) is 0 Å². The Morgan fingerprint density at radius 3 is 2.76 bits per heavy atom. The molecule has 0 aliphatic carbocycles. The van der Waals surface area contributed by atoms with Gasteiger partial charge >= 0.3 is 5.97 Å². The molecular formula is C16H21NO4. The second kappa shape index (κ2) is 7.22. The molecule has 0 aromatic heterocycles. The molecule has 0 bridgehead atoms. The number of rotatable bonds is 6. The van der Waals surface area contributed by atoms with Crippen LogP contribution in [0, 0.1) is 0 Å². The Morgan fingerprint density at radius 2 is 2.14 bits per heavy atom. The van der Waals surface area contributed by atoms with Crippen LogP contribution in [0.3, 0.4) is 0 Å². The second-order valence-electron chi connectivity index (χ2n) is 5.21. The van der Waals surface area contributed by atoms with Gasteiger partial charge in [-0.25, -0.2) is 4.79 Å². The first-order valence-corrected chi connectivity index (χ1v) is 7.32. The summed E-state index contributed by atoms with van der Waals surface area (Å²) < 4.78 is 5.56. The number of nitrogens with zero attached hydrogens (tertiary/aromatic N) is 1. The molecule has 1 aliphatic heterocycles. The number of benzene rings is 1. The van der Waals surface area contributed by atoms with E-state index in [-0.39, 0.29) is 24.0 Å². The average molecular weight is 291 g/mol. The van der Waals surface area contributed by atoms with Gasteiger partial charge in [-0.15, -0.1) is 0 Å². The van der Waals surface area contributed by atoms with Gasteiger partial charge < -0.3 is 14.7 Å². The van der Waals surface area contributed by atoms with E-state index in [4.69, 9.17) is 9.84 Å². The molecule has 1 unspecified atom stereocenters. The minimum atomic E-state index is -0.999. The van der Waals surface area contributed by atoms with Crippen molar-refractivity contribution in [3.63, 3.8) is 0 Å². The molecule has 5 nitrogen and oxygen atoms in total. The average Bonchev–Trinajstić information content (AvgIpc) is 2.98. The Bertz CT molecular complexity index is 509. The first kappa shape index (κ1) is 15.5. The van der Waals surface area contributed by atoms with Gasteiger partial charge in [0.1, 0.15) is 0 Å². The molecule has 0 radical (unpaired) electrons. The Balaban J connectivity index is 2.03. The molecule has 2 rings (SSSR count). The van der Waals surface area contributed by atoms with E-state index in [1.54, 1.807) is 23.1 Å². The van der Waals surface area contributed by atoms with Gasteiger partial charge in [-0.3, -0.25) is 4.79 Å². The van der Waals surface area contributed by atoms with Gasteiger partial charge in [0.15, 0.2) is 0 Å². The third kappa shape index (κ3) is 4.04. The molecule has 1 N–H and O–H groups in total. The van der Waals surface area contributed by atoms with Crippen molar-refractivity contribution in [3.8, 4) is 0 Å². The molecule has 5 heteroatoms. The monoisotopic (exact) mass is 291 g/mol. The van der Waals surface area contributed by atoms with Gasteiger partial charge in [0.05, 0.1) is 18.1 Å². The lowest BCUT2D eigenvalue weighted by Gasteiger charge is -2.24. The number of hydrogen-bond donors (Lipinski definition) is 1. The quantitative estimate of drug-likeness (QED) is 0.870. The fraction of sp³-hybridized carbons (Fsp3) is 0.500. The summed E-state index contributed by atoms with van der Waals surface area (Å²) in [5.41, 5.74) is 0.750. The number of likely N-dealkylation sites (N-methyl/N-ethyl adjacent to an activating group) is 1. The molecule has 1 atom stereocenters. The highest BCUT2D eigenvalue weighted by molar-refractivity contribution is 5.91. The van der Waals surface area contributed by atoms with Crippen LogP contribution < -0.4 is 0 Å². The van der Waals surface area contributed by atoms with E-state index in [0.29, 0.717) is 18.7 Å². The molecule has 1 fully saturated rings. The standard InChI is InChI=1S/C16H21NO4/c1-2-17(11-13-7-5-9-21-13)15(18)10-12-6-3-4-8-14(12)16(19)20/h3-4,6,8,13H,2,5,7,9-11H2,1H3,(H,19,20). The van der Waals surface area contributed by atoms with Gasteiger partial charge in [-0.2, -0.15) is 0 Å². The maximum absolute atomic E-state index is 12.4. The SMILES string of the molecule is CCN(CC1CCCO1)C(=O)Cc1ccccc1C(=O)O. The molecule has 0 spiro atoms. The molecule has 1 aliphatic rings. The maximum Gasteiger partial charge on any atom is 0.335 e. The van der Waals surface area contributed by atoms with Crippen molar-refractivity contribution < 1.29 is 19.4 Å². The van der Waals surface area contributed by atoms with Crippen molar-refractivity contribution in [1.29, 1.82) is 0 Å². The second-order valence-corrected chi connectivity index (χ2v) is 5.21. The van der Waals surface area contributed by atoms with Crippen LogP contribution >= 0.6 is 0 Å². The minimum absolute atomic E-state index is 0.0540. The Morgan fingerprint density at radius 1 is 1.38 bits per heavy atom. The van der Waals surface area contributed by atoms with Crippen LogP contribution in [0.15, 0.2) is 24.3 Å². The number of ether oxygens (including phenoxy) is 1. The zero-order valence-corrected chi connectivity index (χ0v) is 12.2. The Hall–Kier alpha value is -1.88. The third-order valence-corrected chi connectivity index (χ3v) is 3.77. The fourth-order valence-corrected chi connectivity index (χ4v) is 2.60. The van der Waals surface area contributed by atoms with Crippen molar-refractivity contribution in [2.75, 3.05) is 19.7 Å². The number of carbonyl (C=O) groups is 2. The predicted octanol–water partition coefficient (Wildman–Crippen LogP) is 1.95. The van der Waals surface area contributed by atoms with Crippen LogP contribution in [0.25, 0.3) is 0 Å². The first-order valence-electron chi connectivity index (χ1n) is 7.32. The lowest BCUT2D eigenvalue weighted by atomic mass is 10.0. The molecule has 1 aromatic rings. The highest BCUT2D eigenvalue weighted by Gasteiger charge is 2.22. The van der Waals surface area contributed by atoms with Gasteiger partial charge in [-0.1, -0.05) is 18.2 Å². The fourth-order valence-electron chi connectivity index (χ4n) is 2.60. The largest absolute Gasteiger partial charge is 0.478 e. The number of amides is 1. The van der Waals surface area contributed by atoms with Crippen LogP contribution in [-0.2, 0) is 16.0 Å². The van der Waals surface area contributed by atoms with Crippen molar-refractivity contribution >= 4 is 11.9 Å². The summed E-state index contributed by atoms with van der Waals surface area (Å²) in [6, 6.07) is 6.65. The summed E-state index contributed by atoms with van der Waals surface area (Å²) >= 11 is 0. The third-order valence-electron chi connectivity index (χ3n) is 3.77. The zero-order valence-electron chi connectivity index (χ0n) is 12.2. The first-order chi connectivity index (χ1) is 10.1. The summed E-state index contributed by atoms with van der Waals surface area (Å²) in [5.74, 6) is -1.05. The number of hydrogen-bond acceptors (Lipinski definition) is 3. The summed E-state index contributed by atoms with van der Waals surface area (Å²) in [6.45, 7) is 3.88. The molecule has 1 amide bonds. The number of carboxylic acids is 1. The molecule has 114 valence electrons. The molecule has 1 saturated heterocycles. The number of carbonyl (C=O) groups excluding carboxylic acids is 1. The molecule has 21 heavy (non-hydrogen) atoms. The van der Waals surface area contributed by atoms with E-state index >= 15 is 0 Å². The van der Waals surface area contributed by atoms with Crippen molar-refractivity contribution in [1.82, 2.24) is 4.90 Å². The van der Waals surface area contributed by atoms with E-state index in [0.717, 1.165) is 19.4 Å². The number of carboxylic acid groups (broad SMARTS) is 1. The van der Waals surface area contributed by atoms with Crippen molar-refractivity contribution in [2.45, 2.75) is 32.3 Å². The summed E-state index contributed by atoms with van der Waals surface area (Å²) in [6.07, 6.45) is 2.25. The van der Waals surface area contributed by atoms with Gasteiger partial charge in [0.2, 0.25) is 5.91 Å².